The van der Waals surface area contributed by atoms with E-state index < -0.39 is 0 Å². The number of hydrogen-bond acceptors (Lipinski definition) is 5. The van der Waals surface area contributed by atoms with Crippen LogP contribution >= 0.6 is 11.3 Å². The van der Waals surface area contributed by atoms with E-state index >= 15 is 0 Å². The summed E-state index contributed by atoms with van der Waals surface area (Å²) in [4.78, 5) is 5.60. The minimum atomic E-state index is -0.129. The Labute approximate surface area is 103 Å². The van der Waals surface area contributed by atoms with Gasteiger partial charge in [0.05, 0.1) is 5.69 Å². The number of aromatic hydroxyl groups is 2. The number of phenolic OH excluding ortho intramolecular Hbond substituents is 2. The van der Waals surface area contributed by atoms with Gasteiger partial charge in [0.25, 0.3) is 0 Å². The number of benzene rings is 1. The highest BCUT2D eigenvalue weighted by Crippen LogP contribution is 2.33. The maximum atomic E-state index is 9.45. The fraction of sp³-hybridized carbons (Fsp3) is 0.250. The average Bonchev–Trinajstić information content (AvgIpc) is 2.65. The number of hydrogen-bond donors (Lipinski definition) is 3. The lowest BCUT2D eigenvalue weighted by atomic mass is 10.2. The Balaban J connectivity index is 2.39. The molecule has 1 aromatic carbocycles. The molecule has 0 saturated heterocycles. The van der Waals surface area contributed by atoms with Crippen LogP contribution in [0.25, 0.3) is 10.6 Å². The molecule has 0 aliphatic heterocycles. The minimum absolute atomic E-state index is 0.121. The highest BCUT2D eigenvalue weighted by molar-refractivity contribution is 7.15. The summed E-state index contributed by atoms with van der Waals surface area (Å²) in [5, 5.41) is 19.5. The molecule has 2 aromatic rings. The quantitative estimate of drug-likeness (QED) is 0.728. The molecule has 4 N–H and O–H groups in total. The van der Waals surface area contributed by atoms with E-state index in [4.69, 9.17) is 5.73 Å². The summed E-state index contributed by atoms with van der Waals surface area (Å²) in [6.07, 6.45) is 0.813. The standard InChI is InChI=1S/C12H14N2O2S/c1-7-11(4-5-13)17-12(14-7)8-2-3-9(15)10(16)6-8/h2-3,6,15-16H,4-5,13H2,1H3. The summed E-state index contributed by atoms with van der Waals surface area (Å²) in [5.41, 5.74) is 7.30. The maximum Gasteiger partial charge on any atom is 0.158 e. The molecule has 0 aliphatic rings. The van der Waals surface area contributed by atoms with Gasteiger partial charge in [-0.1, -0.05) is 0 Å². The van der Waals surface area contributed by atoms with Gasteiger partial charge in [-0.05, 0) is 38.1 Å². The molecule has 0 amide bonds. The molecule has 17 heavy (non-hydrogen) atoms. The zero-order chi connectivity index (χ0) is 12.4. The summed E-state index contributed by atoms with van der Waals surface area (Å²) in [5.74, 6) is -0.250. The zero-order valence-electron chi connectivity index (χ0n) is 9.47. The van der Waals surface area contributed by atoms with Crippen LogP contribution in [0, 0.1) is 6.92 Å². The first kappa shape index (κ1) is 11.9. The van der Waals surface area contributed by atoms with Crippen molar-refractivity contribution >= 4 is 11.3 Å². The Morgan fingerprint density at radius 2 is 2.06 bits per heavy atom. The third-order valence-electron chi connectivity index (χ3n) is 2.49. The fourth-order valence-corrected chi connectivity index (χ4v) is 2.65. The fourth-order valence-electron chi connectivity index (χ4n) is 1.57. The van der Waals surface area contributed by atoms with Crippen molar-refractivity contribution in [1.82, 2.24) is 4.98 Å². The van der Waals surface area contributed by atoms with E-state index in [1.165, 1.54) is 12.1 Å². The first-order valence-electron chi connectivity index (χ1n) is 5.30. The van der Waals surface area contributed by atoms with Crippen molar-refractivity contribution in [3.63, 3.8) is 0 Å². The number of aryl methyl sites for hydroxylation is 1. The third-order valence-corrected chi connectivity index (χ3v) is 3.75. The summed E-state index contributed by atoms with van der Waals surface area (Å²) >= 11 is 1.57. The molecule has 0 aliphatic carbocycles. The van der Waals surface area contributed by atoms with E-state index in [1.807, 2.05) is 6.92 Å². The van der Waals surface area contributed by atoms with E-state index in [1.54, 1.807) is 17.4 Å². The van der Waals surface area contributed by atoms with Crippen molar-refractivity contribution in [1.29, 1.82) is 0 Å². The number of nitrogens with zero attached hydrogens (tertiary/aromatic N) is 1. The molecule has 0 atom stereocenters. The van der Waals surface area contributed by atoms with Crippen molar-refractivity contribution in [2.75, 3.05) is 6.54 Å². The van der Waals surface area contributed by atoms with Gasteiger partial charge in [0.15, 0.2) is 11.5 Å². The predicted octanol–water partition coefficient (Wildman–Crippen LogP) is 2.03. The van der Waals surface area contributed by atoms with Gasteiger partial charge in [-0.25, -0.2) is 4.98 Å². The van der Waals surface area contributed by atoms with E-state index in [0.717, 1.165) is 27.6 Å². The van der Waals surface area contributed by atoms with E-state index in [0.29, 0.717) is 6.54 Å². The van der Waals surface area contributed by atoms with Crippen LogP contribution in [0.5, 0.6) is 11.5 Å². The van der Waals surface area contributed by atoms with Crippen molar-refractivity contribution in [2.45, 2.75) is 13.3 Å². The average molecular weight is 250 g/mol. The second-order valence-electron chi connectivity index (χ2n) is 3.77. The molecule has 0 unspecified atom stereocenters. The monoisotopic (exact) mass is 250 g/mol. The largest absolute Gasteiger partial charge is 0.504 e. The van der Waals surface area contributed by atoms with Gasteiger partial charge in [-0.15, -0.1) is 11.3 Å². The molecule has 0 radical (unpaired) electrons. The molecular formula is C12H14N2O2S. The summed E-state index contributed by atoms with van der Waals surface area (Å²) in [6.45, 7) is 2.55. The van der Waals surface area contributed by atoms with Gasteiger partial charge in [-0.2, -0.15) is 0 Å². The number of rotatable bonds is 3. The van der Waals surface area contributed by atoms with Gasteiger partial charge in [-0.3, -0.25) is 0 Å². The van der Waals surface area contributed by atoms with Crippen molar-refractivity contribution < 1.29 is 10.2 Å². The van der Waals surface area contributed by atoms with Gasteiger partial charge < -0.3 is 15.9 Å². The van der Waals surface area contributed by atoms with Crippen LogP contribution in [-0.2, 0) is 6.42 Å². The van der Waals surface area contributed by atoms with E-state index in [9.17, 15) is 10.2 Å². The second-order valence-corrected chi connectivity index (χ2v) is 4.85. The number of aromatic nitrogens is 1. The third kappa shape index (κ3) is 2.40. The summed E-state index contributed by atoms with van der Waals surface area (Å²) in [6, 6.07) is 4.71. The van der Waals surface area contributed by atoms with Gasteiger partial charge in [0.2, 0.25) is 0 Å². The van der Waals surface area contributed by atoms with Crippen LogP contribution in [-0.4, -0.2) is 21.7 Å². The lowest BCUT2D eigenvalue weighted by Gasteiger charge is -1.99. The lowest BCUT2D eigenvalue weighted by molar-refractivity contribution is 0.404. The molecule has 0 spiro atoms. The number of thiazole rings is 1. The van der Waals surface area contributed by atoms with Crippen LogP contribution in [0.4, 0.5) is 0 Å². The summed E-state index contributed by atoms with van der Waals surface area (Å²) < 4.78 is 0. The molecule has 1 heterocycles. The second kappa shape index (κ2) is 4.73. The highest BCUT2D eigenvalue weighted by Gasteiger charge is 2.10. The first-order valence-corrected chi connectivity index (χ1v) is 6.12. The SMILES string of the molecule is Cc1nc(-c2ccc(O)c(O)c2)sc1CCN. The van der Waals surface area contributed by atoms with Gasteiger partial charge >= 0.3 is 0 Å². The number of phenols is 2. The van der Waals surface area contributed by atoms with Crippen LogP contribution in [0.2, 0.25) is 0 Å². The zero-order valence-corrected chi connectivity index (χ0v) is 10.3. The van der Waals surface area contributed by atoms with Crippen LogP contribution in [0.15, 0.2) is 18.2 Å². The smallest absolute Gasteiger partial charge is 0.158 e. The van der Waals surface area contributed by atoms with Gasteiger partial charge in [0, 0.05) is 10.4 Å². The minimum Gasteiger partial charge on any atom is -0.504 e. The molecule has 5 heteroatoms. The normalized spacial score (nSPS) is 10.7. The van der Waals surface area contributed by atoms with Gasteiger partial charge in [0.1, 0.15) is 5.01 Å². The molecule has 90 valence electrons. The van der Waals surface area contributed by atoms with Crippen molar-refractivity contribution in [2.24, 2.45) is 5.73 Å². The molecule has 2 rings (SSSR count). The molecule has 0 bridgehead atoms. The van der Waals surface area contributed by atoms with Crippen molar-refractivity contribution in [3.8, 4) is 22.1 Å². The Kier molecular flexibility index (Phi) is 3.31. The molecule has 0 fully saturated rings. The van der Waals surface area contributed by atoms with Crippen LogP contribution in [0.1, 0.15) is 10.6 Å². The first-order chi connectivity index (χ1) is 8.11. The molecule has 4 nitrogen and oxygen atoms in total. The molecule has 0 saturated carbocycles. The number of nitrogens with two attached hydrogens (primary N) is 1. The molecule has 1 aromatic heterocycles. The summed E-state index contributed by atoms with van der Waals surface area (Å²) in [7, 11) is 0. The Morgan fingerprint density at radius 1 is 1.29 bits per heavy atom. The van der Waals surface area contributed by atoms with Crippen LogP contribution < -0.4 is 5.73 Å². The Morgan fingerprint density at radius 3 is 2.71 bits per heavy atom. The maximum absolute atomic E-state index is 9.45. The Hall–Kier alpha value is -1.59. The van der Waals surface area contributed by atoms with Crippen LogP contribution in [0.3, 0.4) is 0 Å². The molecular weight excluding hydrogens is 236 g/mol. The van der Waals surface area contributed by atoms with E-state index in [2.05, 4.69) is 4.98 Å². The van der Waals surface area contributed by atoms with Crippen molar-refractivity contribution in [3.05, 3.63) is 28.8 Å². The Bertz CT molecular complexity index is 537. The lowest BCUT2D eigenvalue weighted by Crippen LogP contribution is -2.01. The topological polar surface area (TPSA) is 79.4 Å². The van der Waals surface area contributed by atoms with E-state index in [-0.39, 0.29) is 11.5 Å². The highest BCUT2D eigenvalue weighted by atomic mass is 32.1. The predicted molar refractivity (Wildman–Crippen MR) is 68.4 cm³/mol.